The van der Waals surface area contributed by atoms with Gasteiger partial charge in [0, 0.05) is 29.9 Å². The molecule has 2 rings (SSSR count). The predicted molar refractivity (Wildman–Crippen MR) is 73.2 cm³/mol. The minimum Gasteiger partial charge on any atom is -0.311 e. The summed E-state index contributed by atoms with van der Waals surface area (Å²) in [6, 6.07) is 0. The predicted octanol–water partition coefficient (Wildman–Crippen LogP) is 2.94. The molecule has 90 valence electrons. The number of aromatic nitrogens is 1. The van der Waals surface area contributed by atoms with E-state index in [1.54, 1.807) is 0 Å². The van der Waals surface area contributed by atoms with Crippen LogP contribution in [0.4, 0.5) is 0 Å². The second-order valence-electron chi connectivity index (χ2n) is 4.27. The maximum atomic E-state index is 4.35. The maximum absolute atomic E-state index is 4.35. The Hall–Kier alpha value is -0.0600. The van der Waals surface area contributed by atoms with E-state index >= 15 is 0 Å². The Balaban J connectivity index is 1.49. The first kappa shape index (κ1) is 12.4. The van der Waals surface area contributed by atoms with Crippen molar-refractivity contribution < 1.29 is 0 Å². The summed E-state index contributed by atoms with van der Waals surface area (Å²) >= 11 is 3.93. The van der Waals surface area contributed by atoms with Gasteiger partial charge < -0.3 is 5.32 Å². The molecule has 0 atom stereocenters. The molecule has 1 fully saturated rings. The van der Waals surface area contributed by atoms with E-state index in [2.05, 4.69) is 29.0 Å². The molecular formula is C12H20N2S2. The fourth-order valence-electron chi connectivity index (χ4n) is 1.48. The van der Waals surface area contributed by atoms with Gasteiger partial charge >= 0.3 is 0 Å². The second-order valence-corrected chi connectivity index (χ2v) is 6.62. The monoisotopic (exact) mass is 256 g/mol. The van der Waals surface area contributed by atoms with Crippen LogP contribution in [-0.4, -0.2) is 23.0 Å². The minimum absolute atomic E-state index is 0.988. The summed E-state index contributed by atoms with van der Waals surface area (Å²) in [6.45, 7) is 4.27. The summed E-state index contributed by atoms with van der Waals surface area (Å²) in [4.78, 5) is 5.72. The summed E-state index contributed by atoms with van der Waals surface area (Å²) in [7, 11) is 0. The zero-order valence-corrected chi connectivity index (χ0v) is 11.5. The first-order valence-electron chi connectivity index (χ1n) is 6.10. The number of rotatable bonds is 8. The first-order valence-corrected chi connectivity index (χ1v) is 8.07. The third-order valence-corrected chi connectivity index (χ3v) is 5.02. The number of hydrogen-bond donors (Lipinski definition) is 1. The fraction of sp³-hybridized carbons (Fsp3) is 0.750. The Morgan fingerprint density at radius 1 is 1.56 bits per heavy atom. The average Bonchev–Trinajstić information content (AvgIpc) is 3.01. The van der Waals surface area contributed by atoms with E-state index in [9.17, 15) is 0 Å². The molecule has 2 nitrogen and oxygen atoms in total. The van der Waals surface area contributed by atoms with Crippen LogP contribution in [0.15, 0.2) is 6.20 Å². The van der Waals surface area contributed by atoms with Crippen molar-refractivity contribution in [3.8, 4) is 0 Å². The molecule has 0 amide bonds. The molecule has 1 aromatic heterocycles. The van der Waals surface area contributed by atoms with E-state index in [-0.39, 0.29) is 0 Å². The topological polar surface area (TPSA) is 24.9 Å². The van der Waals surface area contributed by atoms with Gasteiger partial charge in [-0.2, -0.15) is 11.8 Å². The summed E-state index contributed by atoms with van der Waals surface area (Å²) in [6.07, 6.45) is 6.01. The summed E-state index contributed by atoms with van der Waals surface area (Å²) in [5.74, 6) is 3.68. The van der Waals surface area contributed by atoms with Gasteiger partial charge in [0.25, 0.3) is 0 Å². The number of aryl methyl sites for hydroxylation is 1. The van der Waals surface area contributed by atoms with Gasteiger partial charge in [0.05, 0.1) is 5.01 Å². The molecule has 4 heteroatoms. The lowest BCUT2D eigenvalue weighted by Gasteiger charge is -2.02. The normalized spacial score (nSPS) is 15.6. The van der Waals surface area contributed by atoms with Crippen LogP contribution in [-0.2, 0) is 13.0 Å². The standard InChI is InChI=1S/C12H20N2S2/c1-2-12-14-8-11(16-12)7-13-5-6-15-9-10-3-4-10/h8,10,13H,2-7,9H2,1H3. The van der Waals surface area contributed by atoms with E-state index in [4.69, 9.17) is 0 Å². The van der Waals surface area contributed by atoms with Crippen molar-refractivity contribution in [1.82, 2.24) is 10.3 Å². The van der Waals surface area contributed by atoms with E-state index in [1.807, 2.05) is 17.5 Å². The SMILES string of the molecule is CCc1ncc(CNCCSCC2CC2)s1. The van der Waals surface area contributed by atoms with Gasteiger partial charge in [-0.1, -0.05) is 6.92 Å². The fourth-order valence-corrected chi connectivity index (χ4v) is 3.44. The highest BCUT2D eigenvalue weighted by atomic mass is 32.2. The molecule has 1 aliphatic rings. The van der Waals surface area contributed by atoms with Gasteiger partial charge in [-0.05, 0) is 30.9 Å². The molecule has 0 spiro atoms. The summed E-state index contributed by atoms with van der Waals surface area (Å²) < 4.78 is 0. The molecule has 0 saturated heterocycles. The van der Waals surface area contributed by atoms with Crippen molar-refractivity contribution in [2.45, 2.75) is 32.7 Å². The Bertz CT molecular complexity index is 308. The number of nitrogens with one attached hydrogen (secondary N) is 1. The zero-order valence-electron chi connectivity index (χ0n) is 9.87. The Kier molecular flexibility index (Phi) is 5.13. The van der Waals surface area contributed by atoms with Crippen LogP contribution in [0.25, 0.3) is 0 Å². The number of thioether (sulfide) groups is 1. The van der Waals surface area contributed by atoms with Crippen molar-refractivity contribution in [3.05, 3.63) is 16.1 Å². The van der Waals surface area contributed by atoms with Crippen LogP contribution < -0.4 is 5.32 Å². The third-order valence-electron chi connectivity index (χ3n) is 2.68. The van der Waals surface area contributed by atoms with E-state index < -0.39 is 0 Å². The minimum atomic E-state index is 0.988. The van der Waals surface area contributed by atoms with Crippen molar-refractivity contribution in [2.24, 2.45) is 5.92 Å². The van der Waals surface area contributed by atoms with Crippen molar-refractivity contribution in [1.29, 1.82) is 0 Å². The highest BCUT2D eigenvalue weighted by Crippen LogP contribution is 2.32. The lowest BCUT2D eigenvalue weighted by atomic mass is 10.5. The van der Waals surface area contributed by atoms with Gasteiger partial charge in [-0.3, -0.25) is 0 Å². The molecular weight excluding hydrogens is 236 g/mol. The van der Waals surface area contributed by atoms with Gasteiger partial charge in [0.15, 0.2) is 0 Å². The van der Waals surface area contributed by atoms with Gasteiger partial charge in [-0.25, -0.2) is 4.98 Å². The zero-order chi connectivity index (χ0) is 11.2. The Labute approximate surface area is 106 Å². The van der Waals surface area contributed by atoms with E-state index in [0.29, 0.717) is 0 Å². The highest BCUT2D eigenvalue weighted by Gasteiger charge is 2.20. The molecule has 1 aliphatic carbocycles. The average molecular weight is 256 g/mol. The molecule has 1 N–H and O–H groups in total. The lowest BCUT2D eigenvalue weighted by molar-refractivity contribution is 0.739. The van der Waals surface area contributed by atoms with Crippen LogP contribution >= 0.6 is 23.1 Å². The van der Waals surface area contributed by atoms with Crippen LogP contribution in [0.3, 0.4) is 0 Å². The smallest absolute Gasteiger partial charge is 0.0925 e. The quantitative estimate of drug-likeness (QED) is 0.724. The van der Waals surface area contributed by atoms with Gasteiger partial charge in [-0.15, -0.1) is 11.3 Å². The van der Waals surface area contributed by atoms with E-state index in [0.717, 1.165) is 25.4 Å². The van der Waals surface area contributed by atoms with Crippen molar-refractivity contribution in [2.75, 3.05) is 18.1 Å². The highest BCUT2D eigenvalue weighted by molar-refractivity contribution is 7.99. The number of hydrogen-bond acceptors (Lipinski definition) is 4. The first-order chi connectivity index (χ1) is 7.88. The summed E-state index contributed by atoms with van der Waals surface area (Å²) in [5, 5.41) is 4.73. The second kappa shape index (κ2) is 6.62. The molecule has 0 unspecified atom stereocenters. The van der Waals surface area contributed by atoms with E-state index in [1.165, 1.54) is 34.2 Å². The van der Waals surface area contributed by atoms with Gasteiger partial charge in [0.2, 0.25) is 0 Å². The maximum Gasteiger partial charge on any atom is 0.0925 e. The van der Waals surface area contributed by atoms with Crippen molar-refractivity contribution in [3.63, 3.8) is 0 Å². The van der Waals surface area contributed by atoms with Crippen LogP contribution in [0, 0.1) is 5.92 Å². The number of thiazole rings is 1. The van der Waals surface area contributed by atoms with Crippen LogP contribution in [0.5, 0.6) is 0 Å². The third kappa shape index (κ3) is 4.44. The molecule has 0 aromatic carbocycles. The molecule has 0 bridgehead atoms. The molecule has 1 aromatic rings. The molecule has 16 heavy (non-hydrogen) atoms. The Morgan fingerprint density at radius 2 is 2.44 bits per heavy atom. The molecule has 1 heterocycles. The molecule has 1 saturated carbocycles. The van der Waals surface area contributed by atoms with Crippen molar-refractivity contribution >= 4 is 23.1 Å². The van der Waals surface area contributed by atoms with Crippen LogP contribution in [0.1, 0.15) is 29.7 Å². The largest absolute Gasteiger partial charge is 0.311 e. The van der Waals surface area contributed by atoms with Gasteiger partial charge in [0.1, 0.15) is 0 Å². The van der Waals surface area contributed by atoms with Crippen LogP contribution in [0.2, 0.25) is 0 Å². The molecule has 0 aliphatic heterocycles. The lowest BCUT2D eigenvalue weighted by Crippen LogP contribution is -2.16. The number of nitrogens with zero attached hydrogens (tertiary/aromatic N) is 1. The summed E-state index contributed by atoms with van der Waals surface area (Å²) in [5.41, 5.74) is 0. The molecule has 0 radical (unpaired) electrons. The Morgan fingerprint density at radius 3 is 3.12 bits per heavy atom.